The molecule has 16 heterocycles. The average Bonchev–Trinajstić information content (AvgIpc) is 1.55. The van der Waals surface area contributed by atoms with E-state index in [4.69, 9.17) is 19.9 Å². The molecule has 8 aliphatic rings. The molecule has 28 aromatic rings. The highest BCUT2D eigenvalue weighted by molar-refractivity contribution is 6.21. The van der Waals surface area contributed by atoms with E-state index in [0.29, 0.717) is 0 Å². The van der Waals surface area contributed by atoms with Gasteiger partial charge in [0.25, 0.3) is 0 Å². The summed E-state index contributed by atoms with van der Waals surface area (Å²) in [6, 6.07) is 90.1. The lowest BCUT2D eigenvalue weighted by molar-refractivity contribution is 1.16. The van der Waals surface area contributed by atoms with Crippen LogP contribution in [0.5, 0.6) is 0 Å². The zero-order valence-electron chi connectivity index (χ0n) is 75.1. The molecule has 0 unspecified atom stereocenters. The molecule has 8 aliphatic carbocycles. The van der Waals surface area contributed by atoms with Crippen molar-refractivity contribution in [3.8, 4) is 89.0 Å². The van der Waals surface area contributed by atoms with Gasteiger partial charge in [0.2, 0.25) is 0 Å². The number of hydrogen-bond donors (Lipinski definition) is 0. The minimum atomic E-state index is 0.903. The minimum absolute atomic E-state index is 0.903. The average molecular weight is 1790 g/mol. The summed E-state index contributed by atoms with van der Waals surface area (Å²) in [5.74, 6) is 0. The number of aromatic nitrogens is 16. The van der Waals surface area contributed by atoms with Gasteiger partial charge in [0.15, 0.2) is 0 Å². The molecule has 0 N–H and O–H groups in total. The molecule has 140 heavy (non-hydrogen) atoms. The lowest BCUT2D eigenvalue weighted by atomic mass is 9.92. The molecule has 36 rings (SSSR count). The first kappa shape index (κ1) is 75.1. The zero-order valence-corrected chi connectivity index (χ0v) is 75.1. The van der Waals surface area contributed by atoms with Crippen LogP contribution in [-0.2, 0) is 51.4 Å². The Morgan fingerprint density at radius 3 is 0.886 bits per heavy atom. The molecule has 0 saturated carbocycles. The van der Waals surface area contributed by atoms with E-state index in [1.165, 1.54) is 243 Å². The van der Waals surface area contributed by atoms with Crippen molar-refractivity contribution in [3.63, 3.8) is 0 Å². The van der Waals surface area contributed by atoms with Gasteiger partial charge < -0.3 is 0 Å². The monoisotopic (exact) mass is 1780 g/mol. The quantitative estimate of drug-likeness (QED) is 0.132. The largest absolute Gasteiger partial charge is 0.290 e. The smallest absolute Gasteiger partial charge is 0.146 e. The topological polar surface area (TPSA) is 172 Å². The van der Waals surface area contributed by atoms with Gasteiger partial charge in [0, 0.05) is 92.7 Å². The third-order valence-electron chi connectivity index (χ3n) is 32.0. The van der Waals surface area contributed by atoms with Gasteiger partial charge in [-0.3, -0.25) is 57.5 Å². The number of nitrogens with zero attached hydrogens (tertiary/aromatic N) is 16. The fraction of sp³-hybridized carbons (Fsp3) is 0.0645. The number of hydrogen-bond acceptors (Lipinski definition) is 12. The van der Waals surface area contributed by atoms with Gasteiger partial charge in [-0.05, 0) is 354 Å². The molecule has 0 spiro atoms. The Morgan fingerprint density at radius 1 is 0.157 bits per heavy atom. The van der Waals surface area contributed by atoms with Crippen molar-refractivity contribution in [2.75, 3.05) is 0 Å². The molecule has 0 radical (unpaired) electrons. The van der Waals surface area contributed by atoms with Gasteiger partial charge in [-0.2, -0.15) is 0 Å². The fourth-order valence-electron chi connectivity index (χ4n) is 26.0. The molecule has 16 nitrogen and oxygen atoms in total. The second-order valence-electron chi connectivity index (χ2n) is 38.9. The summed E-state index contributed by atoms with van der Waals surface area (Å²) in [5.41, 5.74) is 61.1. The maximum absolute atomic E-state index is 5.06. The number of rotatable bonds is 0. The first-order valence-electron chi connectivity index (χ1n) is 48.1. The first-order chi connectivity index (χ1) is 69.4. The second-order valence-corrected chi connectivity index (χ2v) is 38.9. The van der Waals surface area contributed by atoms with Crippen LogP contribution in [0.4, 0.5) is 0 Å². The SMILES string of the molecule is c1ccc2c(c1)Cc1c-2ccc2c1-c1cc3c(cc1C2)c1ccncc1n1c2ccncc2nc31.c1ccc2c(c1)Cc1c-2ccc2c1Cc1cc3c4ccncc4n4c5ccncc5nc4c3cc1-2.c1ccc2c(c1)Cc1cc3c(cc1-2)-c1cc2c(cc1C3)c1ccncc1n1c3ccncc3nc21.c1ccc2c(c1)Cc1ccc3c(c1-2)-c1cc2c(cc1C3)c1ccncc1n1c3ccncc3nc21. The molecule has 16 heteroatoms. The van der Waals surface area contributed by atoms with E-state index >= 15 is 0 Å². The lowest BCUT2D eigenvalue weighted by Crippen LogP contribution is -1.94. The number of benzene rings is 12. The fourth-order valence-corrected chi connectivity index (χ4v) is 26.0. The van der Waals surface area contributed by atoms with Crippen LogP contribution in [0.3, 0.4) is 0 Å². The molecule has 0 bridgehead atoms. The standard InChI is InChI=1S/4C31H18N4/c1-2-4-21-17(3-1)9-18-10-19-11-20-12-26-22-5-7-33-16-30(22)35-29-6-8-32-15-28(29)34-31(35)27(26)14-25(20)24(19)13-23(18)21;1-2-4-20-17(3-1)12-25-21(20)6-5-18-11-19-13-24-22-7-9-33-16-29(22)35-28-8-10-32-15-27(28)34-31(35)26(24)14-23(19)30(18)25;1-2-4-19-17(3-1)11-24-20(19)5-6-21-23-14-27-26(13-18(23)12-25(21)24)22-7-9-33-16-30(22)35-29-8-10-32-15-28(29)34-31(27)35;1-2-4-21-17(3-1)11-18-5-6-19-12-20-13-24-22-7-9-33-16-28(22)35-27-8-10-32-15-26(27)34-31(35)25(24)14-23(20)30(19)29(18)21/h1-8,10,12-16H,9,11H2;3*1-10,13-16H,11-12H2. The molecular formula is C124H72N16. The van der Waals surface area contributed by atoms with Crippen molar-refractivity contribution < 1.29 is 0 Å². The molecule has 0 aliphatic heterocycles. The van der Waals surface area contributed by atoms with Gasteiger partial charge in [0.05, 0.1) is 93.7 Å². The highest BCUT2D eigenvalue weighted by atomic mass is 15.1. The molecule has 648 valence electrons. The van der Waals surface area contributed by atoms with E-state index in [2.05, 4.69) is 276 Å². The molecule has 12 aromatic carbocycles. The van der Waals surface area contributed by atoms with Crippen molar-refractivity contribution in [2.45, 2.75) is 51.4 Å². The van der Waals surface area contributed by atoms with E-state index in [9.17, 15) is 0 Å². The lowest BCUT2D eigenvalue weighted by Gasteiger charge is -2.13. The third kappa shape index (κ3) is 10.3. The third-order valence-corrected chi connectivity index (χ3v) is 32.0. The van der Waals surface area contributed by atoms with Gasteiger partial charge in [-0.25, -0.2) is 19.9 Å². The van der Waals surface area contributed by atoms with Crippen molar-refractivity contribution >= 4 is 153 Å². The van der Waals surface area contributed by atoms with Gasteiger partial charge in [0.1, 0.15) is 44.7 Å². The molecular weight excluding hydrogens is 1710 g/mol. The van der Waals surface area contributed by atoms with E-state index in [0.717, 1.165) is 140 Å². The van der Waals surface area contributed by atoms with E-state index in [-0.39, 0.29) is 0 Å². The number of pyridine rings is 12. The van der Waals surface area contributed by atoms with Crippen LogP contribution in [0.2, 0.25) is 0 Å². The normalized spacial score (nSPS) is 13.5. The van der Waals surface area contributed by atoms with E-state index in [1.807, 2.05) is 123 Å². The van der Waals surface area contributed by atoms with E-state index < -0.39 is 0 Å². The highest BCUT2D eigenvalue weighted by Crippen LogP contribution is 2.56. The summed E-state index contributed by atoms with van der Waals surface area (Å²) in [6.07, 6.45) is 38.1. The summed E-state index contributed by atoms with van der Waals surface area (Å²) in [4.78, 5) is 55.3. The summed E-state index contributed by atoms with van der Waals surface area (Å²) >= 11 is 0. The van der Waals surface area contributed by atoms with Gasteiger partial charge in [-0.1, -0.05) is 140 Å². The van der Waals surface area contributed by atoms with Crippen LogP contribution in [0.1, 0.15) is 89.0 Å². The van der Waals surface area contributed by atoms with Crippen molar-refractivity contribution in [1.82, 2.24) is 77.4 Å². The summed E-state index contributed by atoms with van der Waals surface area (Å²) in [6.45, 7) is 0. The molecule has 16 aromatic heterocycles. The predicted molar refractivity (Wildman–Crippen MR) is 559 cm³/mol. The van der Waals surface area contributed by atoms with Crippen LogP contribution in [0, 0.1) is 0 Å². The van der Waals surface area contributed by atoms with Crippen LogP contribution in [-0.4, -0.2) is 77.4 Å². The van der Waals surface area contributed by atoms with Crippen LogP contribution in [0.15, 0.2) is 342 Å². The Hall–Kier alpha value is -18.3. The van der Waals surface area contributed by atoms with Crippen LogP contribution in [0.25, 0.3) is 242 Å². The molecule has 0 saturated heterocycles. The molecule has 0 fully saturated rings. The van der Waals surface area contributed by atoms with Gasteiger partial charge >= 0.3 is 0 Å². The highest BCUT2D eigenvalue weighted by Gasteiger charge is 2.36. The maximum Gasteiger partial charge on any atom is 0.146 e. The molecule has 0 atom stereocenters. The second kappa shape index (κ2) is 27.7. The number of fused-ring (bicyclic) bond motifs is 59. The van der Waals surface area contributed by atoms with Crippen molar-refractivity contribution in [2.24, 2.45) is 0 Å². The molecule has 0 amide bonds. The maximum atomic E-state index is 5.06. The number of imidazole rings is 4. The Balaban J connectivity index is 0.0000000829. The first-order valence-corrected chi connectivity index (χ1v) is 48.1. The Morgan fingerprint density at radius 2 is 0.429 bits per heavy atom. The zero-order chi connectivity index (χ0) is 90.7. The summed E-state index contributed by atoms with van der Waals surface area (Å²) in [5, 5.41) is 14.5. The Kier molecular flexibility index (Phi) is 14.9. The van der Waals surface area contributed by atoms with Crippen molar-refractivity contribution in [1.29, 1.82) is 0 Å². The van der Waals surface area contributed by atoms with E-state index in [1.54, 1.807) is 0 Å². The van der Waals surface area contributed by atoms with Gasteiger partial charge in [-0.15, -0.1) is 0 Å². The summed E-state index contributed by atoms with van der Waals surface area (Å²) in [7, 11) is 0. The predicted octanol–water partition coefficient (Wildman–Crippen LogP) is 26.9. The Bertz CT molecular complexity index is 10700. The summed E-state index contributed by atoms with van der Waals surface area (Å²) < 4.78 is 8.97. The van der Waals surface area contributed by atoms with Crippen molar-refractivity contribution in [3.05, 3.63) is 431 Å². The van der Waals surface area contributed by atoms with Crippen LogP contribution < -0.4 is 0 Å². The Labute approximate surface area is 796 Å². The minimum Gasteiger partial charge on any atom is -0.290 e. The van der Waals surface area contributed by atoms with Crippen LogP contribution >= 0.6 is 0 Å².